The van der Waals surface area contributed by atoms with Crippen molar-refractivity contribution in [1.29, 1.82) is 0 Å². The van der Waals surface area contributed by atoms with Gasteiger partial charge in [0.2, 0.25) is 0 Å². The van der Waals surface area contributed by atoms with Crippen molar-refractivity contribution >= 4 is 19.8 Å². The third-order valence-electron chi connectivity index (χ3n) is 8.85. The van der Waals surface area contributed by atoms with Crippen LogP contribution >= 0.6 is 7.82 Å². The predicted octanol–water partition coefficient (Wildman–Crippen LogP) is 11.7. The van der Waals surface area contributed by atoms with E-state index in [1.807, 2.05) is 12.2 Å². The van der Waals surface area contributed by atoms with E-state index in [2.05, 4.69) is 79.1 Å². The van der Waals surface area contributed by atoms with Gasteiger partial charge in [-0.15, -0.1) is 0 Å². The number of hydrogen-bond acceptors (Lipinski definition) is 9. The Labute approximate surface area is 346 Å². The molecule has 3 unspecified atom stereocenters. The number of phosphoric acid groups is 1. The first-order valence-electron chi connectivity index (χ1n) is 21.9. The summed E-state index contributed by atoms with van der Waals surface area (Å²) in [5, 5.41) is 18.3. The lowest BCUT2D eigenvalue weighted by Gasteiger charge is -2.20. The molecule has 0 aromatic heterocycles. The molecule has 0 aliphatic rings. The fraction of sp³-hybridized carbons (Fsp3) is 0.696. The van der Waals surface area contributed by atoms with Gasteiger partial charge in [-0.05, 0) is 77.0 Å². The minimum atomic E-state index is -4.64. The van der Waals surface area contributed by atoms with E-state index in [1.54, 1.807) is 0 Å². The maximum atomic E-state index is 12.6. The van der Waals surface area contributed by atoms with Crippen molar-refractivity contribution in [3.8, 4) is 0 Å². The van der Waals surface area contributed by atoms with Crippen LogP contribution in [-0.4, -0.2) is 65.7 Å². The van der Waals surface area contributed by atoms with E-state index >= 15 is 0 Å². The molecule has 0 bridgehead atoms. The topological polar surface area (TPSA) is 149 Å². The zero-order valence-corrected chi connectivity index (χ0v) is 36.4. The maximum Gasteiger partial charge on any atom is 0.472 e. The number of aliphatic hydroxyl groups excluding tert-OH is 2. The Morgan fingerprint density at radius 1 is 0.526 bits per heavy atom. The van der Waals surface area contributed by atoms with Crippen LogP contribution in [0.4, 0.5) is 0 Å². The van der Waals surface area contributed by atoms with Gasteiger partial charge in [0.05, 0.1) is 19.8 Å². The van der Waals surface area contributed by atoms with Crippen LogP contribution in [0.15, 0.2) is 72.9 Å². The molecule has 0 saturated carbocycles. The molecule has 57 heavy (non-hydrogen) atoms. The van der Waals surface area contributed by atoms with Crippen LogP contribution in [0.1, 0.15) is 168 Å². The van der Waals surface area contributed by atoms with Crippen LogP contribution in [0.25, 0.3) is 0 Å². The van der Waals surface area contributed by atoms with Gasteiger partial charge in [-0.25, -0.2) is 4.57 Å². The molecule has 0 amide bonds. The first kappa shape index (κ1) is 54.4. The number of hydrogen-bond donors (Lipinski definition) is 3. The Hall–Kier alpha value is -2.59. The predicted molar refractivity (Wildman–Crippen MR) is 233 cm³/mol. The van der Waals surface area contributed by atoms with Gasteiger partial charge < -0.3 is 24.6 Å². The number of allylic oxidation sites excluding steroid dienone is 12. The Bertz CT molecular complexity index is 1180. The van der Waals surface area contributed by atoms with Crippen molar-refractivity contribution in [2.45, 2.75) is 180 Å². The summed E-state index contributed by atoms with van der Waals surface area (Å²) >= 11 is 0. The van der Waals surface area contributed by atoms with Crippen LogP contribution in [-0.2, 0) is 32.7 Å². The van der Waals surface area contributed by atoms with Gasteiger partial charge in [-0.1, -0.05) is 151 Å². The van der Waals surface area contributed by atoms with E-state index in [4.69, 9.17) is 19.1 Å². The molecule has 0 radical (unpaired) electrons. The van der Waals surface area contributed by atoms with E-state index in [9.17, 15) is 24.2 Å². The average molecular weight is 823 g/mol. The van der Waals surface area contributed by atoms with E-state index in [1.165, 1.54) is 64.2 Å². The number of unbranched alkanes of at least 4 members (excludes halogenated alkanes) is 14. The fourth-order valence-electron chi connectivity index (χ4n) is 5.44. The smallest absolute Gasteiger partial charge is 0.462 e. The van der Waals surface area contributed by atoms with Crippen molar-refractivity contribution in [1.82, 2.24) is 0 Å². The molecule has 0 aliphatic carbocycles. The van der Waals surface area contributed by atoms with Crippen LogP contribution < -0.4 is 0 Å². The van der Waals surface area contributed by atoms with Gasteiger partial charge in [-0.3, -0.25) is 18.6 Å². The van der Waals surface area contributed by atoms with Crippen molar-refractivity contribution in [3.63, 3.8) is 0 Å². The third kappa shape index (κ3) is 41.4. The highest BCUT2D eigenvalue weighted by molar-refractivity contribution is 7.47. The molecule has 0 fully saturated rings. The molecule has 0 saturated heterocycles. The number of carbonyl (C=O) groups excluding carboxylic acids is 2. The van der Waals surface area contributed by atoms with Crippen LogP contribution in [0.2, 0.25) is 0 Å². The quantitative estimate of drug-likeness (QED) is 0.0236. The second-order valence-electron chi connectivity index (χ2n) is 14.4. The van der Waals surface area contributed by atoms with Gasteiger partial charge in [0, 0.05) is 12.8 Å². The van der Waals surface area contributed by atoms with Gasteiger partial charge in [-0.2, -0.15) is 0 Å². The Morgan fingerprint density at radius 2 is 0.947 bits per heavy atom. The molecule has 11 heteroatoms. The molecule has 0 spiro atoms. The highest BCUT2D eigenvalue weighted by Crippen LogP contribution is 2.43. The van der Waals surface area contributed by atoms with Crippen molar-refractivity contribution in [2.24, 2.45) is 0 Å². The van der Waals surface area contributed by atoms with Gasteiger partial charge in [0.25, 0.3) is 0 Å². The molecule has 3 atom stereocenters. The Balaban J connectivity index is 4.45. The fourth-order valence-corrected chi connectivity index (χ4v) is 6.23. The van der Waals surface area contributed by atoms with E-state index in [-0.39, 0.29) is 19.4 Å². The van der Waals surface area contributed by atoms with Gasteiger partial charge in [0.15, 0.2) is 6.10 Å². The summed E-state index contributed by atoms with van der Waals surface area (Å²) in [6.45, 7) is 2.24. The number of ether oxygens (including phenoxy) is 2. The first-order chi connectivity index (χ1) is 27.7. The number of carbonyl (C=O) groups is 2. The summed E-state index contributed by atoms with van der Waals surface area (Å²) in [4.78, 5) is 34.9. The van der Waals surface area contributed by atoms with Crippen LogP contribution in [0, 0.1) is 0 Å². The molecule has 0 aromatic carbocycles. The lowest BCUT2D eigenvalue weighted by molar-refractivity contribution is -0.161. The second kappa shape index (κ2) is 41.6. The van der Waals surface area contributed by atoms with Gasteiger partial charge in [0.1, 0.15) is 12.7 Å². The molecule has 0 aromatic rings. The molecule has 3 N–H and O–H groups in total. The van der Waals surface area contributed by atoms with Crippen molar-refractivity contribution in [3.05, 3.63) is 72.9 Å². The lowest BCUT2D eigenvalue weighted by atomic mass is 10.1. The molecule has 10 nitrogen and oxygen atoms in total. The van der Waals surface area contributed by atoms with E-state index < -0.39 is 51.8 Å². The lowest BCUT2D eigenvalue weighted by Crippen LogP contribution is -2.29. The second-order valence-corrected chi connectivity index (χ2v) is 15.8. The number of phosphoric ester groups is 1. The molecular weight excluding hydrogens is 743 g/mol. The molecule has 328 valence electrons. The summed E-state index contributed by atoms with van der Waals surface area (Å²) in [7, 11) is -4.64. The zero-order valence-electron chi connectivity index (χ0n) is 35.5. The number of rotatable bonds is 40. The van der Waals surface area contributed by atoms with Crippen molar-refractivity contribution < 1.29 is 47.8 Å². The SMILES string of the molecule is CCCCCC=CCC=CCC=CCC=CCC=CCCC(=O)OC(COC(=O)CCCCCCCC=CCCCCCCCC)COP(=O)(O)OCC(O)CO. The third-order valence-corrected chi connectivity index (χ3v) is 9.80. The highest BCUT2D eigenvalue weighted by Gasteiger charge is 2.27. The summed E-state index contributed by atoms with van der Waals surface area (Å²) < 4.78 is 32.6. The molecule has 0 heterocycles. The average Bonchev–Trinajstić information content (AvgIpc) is 3.20. The summed E-state index contributed by atoms with van der Waals surface area (Å²) in [5.41, 5.74) is 0. The van der Waals surface area contributed by atoms with Gasteiger partial charge >= 0.3 is 19.8 Å². The highest BCUT2D eigenvalue weighted by atomic mass is 31.2. The number of esters is 2. The van der Waals surface area contributed by atoms with Crippen molar-refractivity contribution in [2.75, 3.05) is 26.4 Å². The maximum absolute atomic E-state index is 12.6. The Kier molecular flexibility index (Phi) is 39.7. The van der Waals surface area contributed by atoms with Crippen LogP contribution in [0.3, 0.4) is 0 Å². The largest absolute Gasteiger partial charge is 0.472 e. The molecule has 0 rings (SSSR count). The van der Waals surface area contributed by atoms with E-state index in [0.29, 0.717) is 12.8 Å². The monoisotopic (exact) mass is 823 g/mol. The minimum absolute atomic E-state index is 0.0560. The standard InChI is InChI=1S/C46H79O10P/c1-3-5-7-9-11-13-15-17-19-20-21-22-24-26-28-30-32-34-36-38-46(50)56-44(42-55-57(51,52)54-40-43(48)39-47)41-53-45(49)37-35-33-31-29-27-25-23-18-16-14-12-10-8-6-4-2/h11,13,17-19,21-23,26,28,32,34,43-44,47-48H,3-10,12,14-16,20,24-25,27,29-31,33,35-42H2,1-2H3,(H,51,52). The normalized spacial score (nSPS) is 14.5. The first-order valence-corrected chi connectivity index (χ1v) is 23.4. The summed E-state index contributed by atoms with van der Waals surface area (Å²) in [6, 6.07) is 0. The molecule has 0 aliphatic heterocycles. The summed E-state index contributed by atoms with van der Waals surface area (Å²) in [5.74, 6) is -1.04. The van der Waals surface area contributed by atoms with E-state index in [0.717, 1.165) is 64.2 Å². The summed E-state index contributed by atoms with van der Waals surface area (Å²) in [6.07, 6.45) is 47.4. The molecular formula is C46H79O10P. The zero-order chi connectivity index (χ0) is 41.9. The number of aliphatic hydroxyl groups is 2. The Morgan fingerprint density at radius 3 is 1.49 bits per heavy atom. The minimum Gasteiger partial charge on any atom is -0.462 e. The van der Waals surface area contributed by atoms with Crippen LogP contribution in [0.5, 0.6) is 0 Å².